The van der Waals surface area contributed by atoms with Crippen molar-refractivity contribution in [2.24, 2.45) is 5.92 Å². The summed E-state index contributed by atoms with van der Waals surface area (Å²) in [6.45, 7) is 2.17. The van der Waals surface area contributed by atoms with E-state index in [1.165, 1.54) is 12.7 Å². The third kappa shape index (κ3) is 3.70. The molecule has 0 bridgehead atoms. The molecule has 1 aliphatic carbocycles. The van der Waals surface area contributed by atoms with Crippen LogP contribution in [0, 0.1) is 5.92 Å². The number of aromatic nitrogens is 1. The lowest BCUT2D eigenvalue weighted by atomic mass is 9.86. The molecule has 0 spiro atoms. The minimum Gasteiger partial charge on any atom is -0.444 e. The van der Waals surface area contributed by atoms with Crippen molar-refractivity contribution >= 4 is 29.1 Å². The van der Waals surface area contributed by atoms with Crippen LogP contribution in [-0.2, 0) is 0 Å². The Kier molecular flexibility index (Phi) is 4.93. The van der Waals surface area contributed by atoms with Crippen LogP contribution in [0.3, 0.4) is 0 Å². The van der Waals surface area contributed by atoms with Gasteiger partial charge < -0.3 is 9.73 Å². The standard InChI is InChI=1S/C17H18Cl2N2O2/c1-10-4-2-3-5-14(10)20-16(22)15-9-23-17(21-15)11-6-7-12(18)13(19)8-11/h6-10,14H,2-5H2,1H3,(H,20,22). The first-order chi connectivity index (χ1) is 11.0. The number of carbonyl (C=O) groups is 1. The normalized spacial score (nSPS) is 21.2. The molecule has 2 aromatic rings. The Bertz CT molecular complexity index is 714. The summed E-state index contributed by atoms with van der Waals surface area (Å²) in [6.07, 6.45) is 5.94. The topological polar surface area (TPSA) is 55.1 Å². The molecule has 0 saturated heterocycles. The zero-order valence-electron chi connectivity index (χ0n) is 12.8. The molecular formula is C17H18Cl2N2O2. The van der Waals surface area contributed by atoms with E-state index in [9.17, 15) is 4.79 Å². The monoisotopic (exact) mass is 352 g/mol. The van der Waals surface area contributed by atoms with Crippen molar-refractivity contribution in [3.63, 3.8) is 0 Å². The average Bonchev–Trinajstić information content (AvgIpc) is 3.02. The molecule has 2 atom stereocenters. The molecule has 1 aromatic heterocycles. The number of nitrogens with zero attached hydrogens (tertiary/aromatic N) is 1. The molecule has 1 fully saturated rings. The van der Waals surface area contributed by atoms with Crippen LogP contribution in [0.1, 0.15) is 43.1 Å². The van der Waals surface area contributed by atoms with Gasteiger partial charge >= 0.3 is 0 Å². The van der Waals surface area contributed by atoms with Gasteiger partial charge in [-0.15, -0.1) is 0 Å². The summed E-state index contributed by atoms with van der Waals surface area (Å²) in [7, 11) is 0. The van der Waals surface area contributed by atoms with Crippen molar-refractivity contribution in [3.05, 3.63) is 40.2 Å². The zero-order chi connectivity index (χ0) is 16.4. The van der Waals surface area contributed by atoms with E-state index in [1.807, 2.05) is 0 Å². The van der Waals surface area contributed by atoms with Gasteiger partial charge in [-0.2, -0.15) is 0 Å². The molecule has 0 aliphatic heterocycles. The molecule has 1 N–H and O–H groups in total. The van der Waals surface area contributed by atoms with Gasteiger partial charge in [0.05, 0.1) is 10.0 Å². The lowest BCUT2D eigenvalue weighted by molar-refractivity contribution is 0.0905. The number of rotatable bonds is 3. The SMILES string of the molecule is CC1CCCCC1NC(=O)c1coc(-c2ccc(Cl)c(Cl)c2)n1. The molecule has 1 amide bonds. The van der Waals surface area contributed by atoms with Gasteiger partial charge in [-0.25, -0.2) is 4.98 Å². The largest absolute Gasteiger partial charge is 0.444 e. The summed E-state index contributed by atoms with van der Waals surface area (Å²) in [5, 5.41) is 3.95. The molecule has 1 aromatic carbocycles. The molecule has 3 rings (SSSR count). The second-order valence-electron chi connectivity index (χ2n) is 6.01. The van der Waals surface area contributed by atoms with Gasteiger partial charge in [-0.3, -0.25) is 4.79 Å². The van der Waals surface area contributed by atoms with Gasteiger partial charge in [0.25, 0.3) is 5.91 Å². The number of hydrogen-bond acceptors (Lipinski definition) is 3. The highest BCUT2D eigenvalue weighted by atomic mass is 35.5. The number of amides is 1. The Morgan fingerprint density at radius 3 is 2.78 bits per heavy atom. The molecule has 4 nitrogen and oxygen atoms in total. The minimum atomic E-state index is -0.196. The van der Waals surface area contributed by atoms with Crippen LogP contribution in [0.4, 0.5) is 0 Å². The second-order valence-corrected chi connectivity index (χ2v) is 6.82. The Balaban J connectivity index is 1.73. The van der Waals surface area contributed by atoms with E-state index < -0.39 is 0 Å². The van der Waals surface area contributed by atoms with E-state index in [-0.39, 0.29) is 17.6 Å². The molecule has 0 radical (unpaired) electrons. The van der Waals surface area contributed by atoms with Crippen molar-refractivity contribution < 1.29 is 9.21 Å². The van der Waals surface area contributed by atoms with Gasteiger partial charge in [0.2, 0.25) is 5.89 Å². The lowest BCUT2D eigenvalue weighted by Gasteiger charge is -2.29. The molecule has 1 aliphatic rings. The first-order valence-electron chi connectivity index (χ1n) is 7.76. The minimum absolute atomic E-state index is 0.196. The predicted octanol–water partition coefficient (Wildman–Crippen LogP) is 4.96. The molecule has 23 heavy (non-hydrogen) atoms. The van der Waals surface area contributed by atoms with Crippen LogP contribution in [0.15, 0.2) is 28.9 Å². The molecular weight excluding hydrogens is 335 g/mol. The fourth-order valence-corrected chi connectivity index (χ4v) is 3.21. The van der Waals surface area contributed by atoms with Gasteiger partial charge in [-0.1, -0.05) is 43.0 Å². The van der Waals surface area contributed by atoms with Crippen molar-refractivity contribution in [3.8, 4) is 11.5 Å². The number of hydrogen-bond donors (Lipinski definition) is 1. The van der Waals surface area contributed by atoms with E-state index in [0.717, 1.165) is 19.3 Å². The third-order valence-corrected chi connectivity index (χ3v) is 5.07. The summed E-state index contributed by atoms with van der Waals surface area (Å²) < 4.78 is 5.41. The zero-order valence-corrected chi connectivity index (χ0v) is 14.3. The average molecular weight is 353 g/mol. The fourth-order valence-electron chi connectivity index (χ4n) is 2.91. The summed E-state index contributed by atoms with van der Waals surface area (Å²) in [6, 6.07) is 5.31. The van der Waals surface area contributed by atoms with Crippen LogP contribution in [0.2, 0.25) is 10.0 Å². The van der Waals surface area contributed by atoms with Crippen LogP contribution in [-0.4, -0.2) is 16.9 Å². The van der Waals surface area contributed by atoms with Crippen molar-refractivity contribution in [2.45, 2.75) is 38.6 Å². The number of nitrogens with one attached hydrogen (secondary N) is 1. The van der Waals surface area contributed by atoms with Crippen LogP contribution < -0.4 is 5.32 Å². The van der Waals surface area contributed by atoms with E-state index in [0.29, 0.717) is 27.4 Å². The second kappa shape index (κ2) is 6.93. The van der Waals surface area contributed by atoms with Crippen LogP contribution >= 0.6 is 23.2 Å². The van der Waals surface area contributed by atoms with Gasteiger partial charge in [-0.05, 0) is 37.0 Å². The van der Waals surface area contributed by atoms with Crippen LogP contribution in [0.5, 0.6) is 0 Å². The maximum atomic E-state index is 12.3. The van der Waals surface area contributed by atoms with Gasteiger partial charge in [0, 0.05) is 11.6 Å². The highest BCUT2D eigenvalue weighted by Crippen LogP contribution is 2.28. The van der Waals surface area contributed by atoms with E-state index in [2.05, 4.69) is 17.2 Å². The number of halogens is 2. The summed E-state index contributed by atoms with van der Waals surface area (Å²) in [4.78, 5) is 16.6. The van der Waals surface area contributed by atoms with E-state index in [1.54, 1.807) is 18.2 Å². The smallest absolute Gasteiger partial charge is 0.273 e. The highest BCUT2D eigenvalue weighted by Gasteiger charge is 2.24. The maximum absolute atomic E-state index is 12.3. The van der Waals surface area contributed by atoms with Crippen molar-refractivity contribution in [1.82, 2.24) is 10.3 Å². The van der Waals surface area contributed by atoms with E-state index in [4.69, 9.17) is 27.6 Å². The molecule has 2 unspecified atom stereocenters. The van der Waals surface area contributed by atoms with Crippen LogP contribution in [0.25, 0.3) is 11.5 Å². The summed E-state index contributed by atoms with van der Waals surface area (Å²) in [5.74, 6) is 0.651. The Morgan fingerprint density at radius 2 is 2.04 bits per heavy atom. The Hall–Kier alpha value is -1.52. The van der Waals surface area contributed by atoms with Crippen molar-refractivity contribution in [2.75, 3.05) is 0 Å². The molecule has 1 heterocycles. The summed E-state index contributed by atoms with van der Waals surface area (Å²) >= 11 is 11.9. The molecule has 122 valence electrons. The number of oxazole rings is 1. The van der Waals surface area contributed by atoms with Gasteiger partial charge in [0.1, 0.15) is 6.26 Å². The predicted molar refractivity (Wildman–Crippen MR) is 90.8 cm³/mol. The molecule has 6 heteroatoms. The quantitative estimate of drug-likeness (QED) is 0.849. The Morgan fingerprint density at radius 1 is 1.26 bits per heavy atom. The van der Waals surface area contributed by atoms with Gasteiger partial charge in [0.15, 0.2) is 5.69 Å². The number of carbonyl (C=O) groups excluding carboxylic acids is 1. The first kappa shape index (κ1) is 16.3. The third-order valence-electron chi connectivity index (χ3n) is 4.33. The summed E-state index contributed by atoms with van der Waals surface area (Å²) in [5.41, 5.74) is 0.966. The maximum Gasteiger partial charge on any atom is 0.273 e. The lowest BCUT2D eigenvalue weighted by Crippen LogP contribution is -2.41. The molecule has 1 saturated carbocycles. The fraction of sp³-hybridized carbons (Fsp3) is 0.412. The highest BCUT2D eigenvalue weighted by molar-refractivity contribution is 6.42. The van der Waals surface area contributed by atoms with Crippen molar-refractivity contribution in [1.29, 1.82) is 0 Å². The first-order valence-corrected chi connectivity index (χ1v) is 8.52. The van der Waals surface area contributed by atoms with E-state index >= 15 is 0 Å². The number of benzene rings is 1. The Labute approximate surface area is 145 Å².